The van der Waals surface area contributed by atoms with Gasteiger partial charge in [-0.1, -0.05) is 12.1 Å². The Morgan fingerprint density at radius 2 is 1.83 bits per heavy atom. The Morgan fingerprint density at radius 3 is 2.52 bits per heavy atom. The van der Waals surface area contributed by atoms with Crippen molar-refractivity contribution in [1.82, 2.24) is 35.8 Å². The van der Waals surface area contributed by atoms with Crippen molar-refractivity contribution in [2.45, 2.75) is 13.0 Å². The van der Waals surface area contributed by atoms with Crippen LogP contribution in [0.3, 0.4) is 0 Å². The molecule has 1 fully saturated rings. The van der Waals surface area contributed by atoms with Gasteiger partial charge in [-0.05, 0) is 48.0 Å². The minimum atomic E-state index is -0.166. The number of amides is 2. The predicted octanol–water partition coefficient (Wildman–Crippen LogP) is 2.62. The summed E-state index contributed by atoms with van der Waals surface area (Å²) >= 11 is 0. The number of fused-ring (bicyclic) bond motifs is 1. The second-order valence-electron chi connectivity index (χ2n) is 10.1. The van der Waals surface area contributed by atoms with Gasteiger partial charge in [0.25, 0.3) is 5.91 Å². The number of rotatable bonds is 7. The van der Waals surface area contributed by atoms with Crippen molar-refractivity contribution in [3.8, 4) is 17.2 Å². The molecule has 42 heavy (non-hydrogen) atoms. The van der Waals surface area contributed by atoms with Crippen LogP contribution in [0.25, 0.3) is 22.6 Å². The highest BCUT2D eigenvalue weighted by molar-refractivity contribution is 5.94. The largest absolute Gasteiger partial charge is 0.497 e. The fourth-order valence-electron chi connectivity index (χ4n) is 5.16. The maximum absolute atomic E-state index is 13.5. The molecule has 2 amide bonds. The minimum absolute atomic E-state index is 0.127. The first kappa shape index (κ1) is 27.2. The molecule has 2 aliphatic rings. The molecule has 13 nitrogen and oxygen atoms in total. The fraction of sp³-hybridized carbons (Fsp3) is 0.276. The molecule has 0 radical (unpaired) electrons. The number of piperazine rings is 1. The van der Waals surface area contributed by atoms with Crippen LogP contribution in [0.15, 0.2) is 70.3 Å². The quantitative estimate of drug-likeness (QED) is 0.304. The van der Waals surface area contributed by atoms with Crippen LogP contribution in [0.1, 0.15) is 29.0 Å². The molecule has 0 aliphatic carbocycles. The van der Waals surface area contributed by atoms with Crippen molar-refractivity contribution < 1.29 is 18.7 Å². The molecule has 2 aromatic carbocycles. The number of amidine groups is 1. The van der Waals surface area contributed by atoms with Crippen molar-refractivity contribution in [3.63, 3.8) is 0 Å². The lowest BCUT2D eigenvalue weighted by atomic mass is 10.0. The molecule has 2 aromatic heterocycles. The SMILES string of the molecule is COc1ccc(C(C2=NN(C)NN2)N2CCN(C(=O)c3cc(-c4nc5cc(NC(C)=O)ccc5o4)ccn3)CC2)cc1. The Hall–Kier alpha value is -5.01. The number of anilines is 1. The molecule has 13 heteroatoms. The third-order valence-corrected chi connectivity index (χ3v) is 7.19. The molecule has 216 valence electrons. The van der Waals surface area contributed by atoms with E-state index in [1.807, 2.05) is 36.2 Å². The zero-order valence-electron chi connectivity index (χ0n) is 23.5. The van der Waals surface area contributed by atoms with Gasteiger partial charge in [0.05, 0.1) is 13.2 Å². The van der Waals surface area contributed by atoms with Gasteiger partial charge in [-0.15, -0.1) is 10.6 Å². The molecule has 0 bridgehead atoms. The number of methoxy groups -OCH3 is 1. The molecule has 1 saturated heterocycles. The number of hydrogen-bond acceptors (Lipinski definition) is 11. The first-order chi connectivity index (χ1) is 20.4. The van der Waals surface area contributed by atoms with E-state index < -0.39 is 0 Å². The van der Waals surface area contributed by atoms with E-state index in [0.29, 0.717) is 60.1 Å². The fourth-order valence-corrected chi connectivity index (χ4v) is 5.16. The Morgan fingerprint density at radius 1 is 1.05 bits per heavy atom. The number of hydrazone groups is 1. The number of oxazole rings is 1. The molecular formula is C29H31N9O4. The van der Waals surface area contributed by atoms with Crippen LogP contribution in [0.5, 0.6) is 5.75 Å². The molecular weight excluding hydrogens is 538 g/mol. The van der Waals surface area contributed by atoms with Crippen molar-refractivity contribution in [1.29, 1.82) is 0 Å². The summed E-state index contributed by atoms with van der Waals surface area (Å²) < 4.78 is 11.3. The van der Waals surface area contributed by atoms with E-state index in [0.717, 1.165) is 17.1 Å². The van der Waals surface area contributed by atoms with Crippen molar-refractivity contribution in [3.05, 3.63) is 72.1 Å². The van der Waals surface area contributed by atoms with Crippen LogP contribution in [-0.2, 0) is 4.79 Å². The van der Waals surface area contributed by atoms with Crippen LogP contribution in [-0.4, -0.2) is 82.9 Å². The van der Waals surface area contributed by atoms with Gasteiger partial charge in [0.2, 0.25) is 11.8 Å². The number of pyridine rings is 1. The number of carbonyl (C=O) groups is 2. The summed E-state index contributed by atoms with van der Waals surface area (Å²) in [6, 6.07) is 16.5. The Kier molecular flexibility index (Phi) is 7.42. The molecule has 1 atom stereocenters. The number of benzene rings is 2. The van der Waals surface area contributed by atoms with E-state index in [9.17, 15) is 9.59 Å². The number of hydrazine groups is 2. The summed E-state index contributed by atoms with van der Waals surface area (Å²) in [5, 5.41) is 8.96. The van der Waals surface area contributed by atoms with E-state index in [1.54, 1.807) is 48.8 Å². The lowest BCUT2D eigenvalue weighted by molar-refractivity contribution is -0.114. The van der Waals surface area contributed by atoms with Crippen LogP contribution < -0.4 is 21.0 Å². The topological polar surface area (TPSA) is 140 Å². The second-order valence-corrected chi connectivity index (χ2v) is 10.1. The van der Waals surface area contributed by atoms with E-state index in [4.69, 9.17) is 9.15 Å². The van der Waals surface area contributed by atoms with Gasteiger partial charge >= 0.3 is 0 Å². The molecule has 6 rings (SSSR count). The number of nitrogens with one attached hydrogen (secondary N) is 3. The zero-order valence-corrected chi connectivity index (χ0v) is 23.5. The molecule has 0 spiro atoms. The lowest BCUT2D eigenvalue weighted by Crippen LogP contribution is -2.52. The van der Waals surface area contributed by atoms with Crippen LogP contribution in [0.2, 0.25) is 0 Å². The molecule has 4 heterocycles. The predicted molar refractivity (Wildman–Crippen MR) is 156 cm³/mol. The summed E-state index contributed by atoms with van der Waals surface area (Å²) in [6.45, 7) is 3.80. The molecule has 2 aliphatic heterocycles. The highest BCUT2D eigenvalue weighted by Crippen LogP contribution is 2.28. The minimum Gasteiger partial charge on any atom is -0.497 e. The standard InChI is InChI=1S/C29H31N9O4/c1-18(39)31-21-6-9-25-23(17-21)32-28(42-25)20-10-11-30-24(16-20)29(40)38-14-12-37(13-15-38)26(27-33-35-36(2)34-27)19-4-7-22(41-3)8-5-19/h4-11,16-17,26,35H,12-15H2,1-3H3,(H,31,39)(H,33,34). The van der Waals surface area contributed by atoms with Crippen LogP contribution in [0.4, 0.5) is 5.69 Å². The van der Waals surface area contributed by atoms with Gasteiger partial charge < -0.3 is 19.4 Å². The average molecular weight is 570 g/mol. The maximum Gasteiger partial charge on any atom is 0.272 e. The van der Waals surface area contributed by atoms with E-state index in [2.05, 4.69) is 36.2 Å². The van der Waals surface area contributed by atoms with Gasteiger partial charge in [0, 0.05) is 57.6 Å². The van der Waals surface area contributed by atoms with E-state index in [-0.39, 0.29) is 17.9 Å². The maximum atomic E-state index is 13.5. The van der Waals surface area contributed by atoms with Gasteiger partial charge in [-0.2, -0.15) is 0 Å². The summed E-state index contributed by atoms with van der Waals surface area (Å²) in [4.78, 5) is 37.9. The summed E-state index contributed by atoms with van der Waals surface area (Å²) in [5.74, 6) is 1.61. The van der Waals surface area contributed by atoms with E-state index in [1.165, 1.54) is 6.92 Å². The molecule has 4 aromatic rings. The smallest absolute Gasteiger partial charge is 0.272 e. The van der Waals surface area contributed by atoms with Crippen LogP contribution in [0, 0.1) is 0 Å². The van der Waals surface area contributed by atoms with Gasteiger partial charge in [-0.25, -0.2) is 10.1 Å². The number of ether oxygens (including phenoxy) is 1. The highest BCUT2D eigenvalue weighted by atomic mass is 16.5. The van der Waals surface area contributed by atoms with Gasteiger partial charge in [0.15, 0.2) is 11.4 Å². The van der Waals surface area contributed by atoms with Crippen molar-refractivity contribution in [2.75, 3.05) is 45.7 Å². The number of nitrogens with zero attached hydrogens (tertiary/aromatic N) is 6. The summed E-state index contributed by atoms with van der Waals surface area (Å²) in [5.41, 5.74) is 10.00. The normalized spacial score (nSPS) is 16.2. The summed E-state index contributed by atoms with van der Waals surface area (Å²) in [7, 11) is 3.47. The lowest BCUT2D eigenvalue weighted by Gasteiger charge is -2.39. The first-order valence-corrected chi connectivity index (χ1v) is 13.5. The Labute approximate surface area is 242 Å². The second kappa shape index (κ2) is 11.5. The third-order valence-electron chi connectivity index (χ3n) is 7.19. The monoisotopic (exact) mass is 569 g/mol. The first-order valence-electron chi connectivity index (χ1n) is 13.5. The van der Waals surface area contributed by atoms with Crippen molar-refractivity contribution in [2.24, 2.45) is 5.10 Å². The third kappa shape index (κ3) is 5.60. The van der Waals surface area contributed by atoms with Gasteiger partial charge in [0.1, 0.15) is 17.0 Å². The highest BCUT2D eigenvalue weighted by Gasteiger charge is 2.33. The molecule has 1 unspecified atom stereocenters. The number of aromatic nitrogens is 2. The molecule has 3 N–H and O–H groups in total. The Bertz CT molecular complexity index is 1640. The van der Waals surface area contributed by atoms with Crippen molar-refractivity contribution >= 4 is 34.4 Å². The number of hydrogen-bond donors (Lipinski definition) is 3. The zero-order chi connectivity index (χ0) is 29.2. The summed E-state index contributed by atoms with van der Waals surface area (Å²) in [6.07, 6.45) is 1.59. The average Bonchev–Trinajstić information content (AvgIpc) is 3.63. The Balaban J connectivity index is 1.17. The number of carbonyl (C=O) groups excluding carboxylic acids is 2. The van der Waals surface area contributed by atoms with E-state index >= 15 is 0 Å². The molecule has 0 saturated carbocycles. The van der Waals surface area contributed by atoms with Crippen LogP contribution >= 0.6 is 0 Å². The van der Waals surface area contributed by atoms with Gasteiger partial charge in [-0.3, -0.25) is 24.9 Å².